The standard InChI is InChI=1S/C16H20N2O/c1-11-15(8-9-17)16(19-18-11)14-7-6-12-4-2-3-5-13(12)10-14/h6-7,10H,2-5,8-9,17H2,1H3. The molecule has 0 radical (unpaired) electrons. The van der Waals surface area contributed by atoms with E-state index in [0.717, 1.165) is 29.0 Å². The Bertz CT molecular complexity index is 586. The monoisotopic (exact) mass is 256 g/mol. The molecular formula is C16H20N2O. The second-order valence-electron chi connectivity index (χ2n) is 5.30. The van der Waals surface area contributed by atoms with Crippen LogP contribution in [0.4, 0.5) is 0 Å². The minimum atomic E-state index is 0.625. The number of hydrogen-bond acceptors (Lipinski definition) is 3. The second-order valence-corrected chi connectivity index (χ2v) is 5.30. The summed E-state index contributed by atoms with van der Waals surface area (Å²) in [4.78, 5) is 0. The lowest BCUT2D eigenvalue weighted by Crippen LogP contribution is -2.05. The highest BCUT2D eigenvalue weighted by Gasteiger charge is 2.16. The molecule has 0 aliphatic heterocycles. The molecule has 0 saturated heterocycles. The summed E-state index contributed by atoms with van der Waals surface area (Å²) in [5.41, 5.74) is 11.9. The fraction of sp³-hybridized carbons (Fsp3) is 0.438. The Morgan fingerprint density at radius 2 is 2.00 bits per heavy atom. The van der Waals surface area contributed by atoms with Gasteiger partial charge in [-0.2, -0.15) is 0 Å². The summed E-state index contributed by atoms with van der Waals surface area (Å²) in [6.07, 6.45) is 5.82. The fourth-order valence-electron chi connectivity index (χ4n) is 2.93. The van der Waals surface area contributed by atoms with Crippen molar-refractivity contribution in [2.24, 2.45) is 5.73 Å². The van der Waals surface area contributed by atoms with Crippen molar-refractivity contribution in [3.05, 3.63) is 40.6 Å². The highest BCUT2D eigenvalue weighted by Crippen LogP contribution is 2.30. The fourth-order valence-corrected chi connectivity index (χ4v) is 2.93. The van der Waals surface area contributed by atoms with Gasteiger partial charge in [0.1, 0.15) is 0 Å². The molecule has 3 nitrogen and oxygen atoms in total. The minimum absolute atomic E-state index is 0.625. The first-order valence-corrected chi connectivity index (χ1v) is 7.07. The van der Waals surface area contributed by atoms with E-state index in [9.17, 15) is 0 Å². The molecule has 3 rings (SSSR count). The largest absolute Gasteiger partial charge is 0.356 e. The molecule has 1 aromatic heterocycles. The summed E-state index contributed by atoms with van der Waals surface area (Å²) in [5, 5.41) is 4.09. The molecule has 1 aromatic carbocycles. The van der Waals surface area contributed by atoms with E-state index in [1.165, 1.54) is 36.8 Å². The summed E-state index contributed by atoms with van der Waals surface area (Å²) >= 11 is 0. The first-order chi connectivity index (χ1) is 9.29. The Kier molecular flexibility index (Phi) is 3.38. The number of rotatable bonds is 3. The van der Waals surface area contributed by atoms with Crippen molar-refractivity contribution >= 4 is 0 Å². The van der Waals surface area contributed by atoms with Crippen LogP contribution in [0.25, 0.3) is 11.3 Å². The van der Waals surface area contributed by atoms with E-state index in [1.54, 1.807) is 0 Å². The first kappa shape index (κ1) is 12.4. The van der Waals surface area contributed by atoms with Crippen LogP contribution in [-0.4, -0.2) is 11.7 Å². The van der Waals surface area contributed by atoms with Crippen molar-refractivity contribution in [2.75, 3.05) is 6.54 Å². The van der Waals surface area contributed by atoms with E-state index in [-0.39, 0.29) is 0 Å². The predicted octanol–water partition coefficient (Wildman–Crippen LogP) is 3.03. The van der Waals surface area contributed by atoms with Gasteiger partial charge in [-0.25, -0.2) is 0 Å². The maximum absolute atomic E-state index is 5.68. The van der Waals surface area contributed by atoms with Gasteiger partial charge < -0.3 is 10.3 Å². The Morgan fingerprint density at radius 3 is 2.79 bits per heavy atom. The Morgan fingerprint density at radius 1 is 1.21 bits per heavy atom. The van der Waals surface area contributed by atoms with E-state index in [1.807, 2.05) is 6.92 Å². The van der Waals surface area contributed by atoms with Crippen LogP contribution in [0.15, 0.2) is 22.7 Å². The van der Waals surface area contributed by atoms with Gasteiger partial charge in [0.05, 0.1) is 5.69 Å². The maximum Gasteiger partial charge on any atom is 0.170 e. The van der Waals surface area contributed by atoms with Gasteiger partial charge in [0.15, 0.2) is 5.76 Å². The van der Waals surface area contributed by atoms with Gasteiger partial charge in [-0.05, 0) is 62.8 Å². The van der Waals surface area contributed by atoms with Crippen LogP contribution < -0.4 is 5.73 Å². The molecule has 2 aromatic rings. The number of nitrogens with zero attached hydrogens (tertiary/aromatic N) is 1. The van der Waals surface area contributed by atoms with Crippen LogP contribution in [0.3, 0.4) is 0 Å². The average Bonchev–Trinajstić information content (AvgIpc) is 2.80. The summed E-state index contributed by atoms with van der Waals surface area (Å²) in [6.45, 7) is 2.61. The molecule has 0 unspecified atom stereocenters. The number of hydrogen-bond donors (Lipinski definition) is 1. The lowest BCUT2D eigenvalue weighted by Gasteiger charge is -2.16. The molecule has 0 saturated carbocycles. The van der Waals surface area contributed by atoms with E-state index >= 15 is 0 Å². The van der Waals surface area contributed by atoms with E-state index in [4.69, 9.17) is 10.3 Å². The van der Waals surface area contributed by atoms with Crippen LogP contribution in [0.5, 0.6) is 0 Å². The predicted molar refractivity (Wildman–Crippen MR) is 76.1 cm³/mol. The Labute approximate surface area is 113 Å². The van der Waals surface area contributed by atoms with E-state index in [0.29, 0.717) is 6.54 Å². The summed E-state index contributed by atoms with van der Waals surface area (Å²) in [7, 11) is 0. The zero-order valence-electron chi connectivity index (χ0n) is 11.4. The van der Waals surface area contributed by atoms with Gasteiger partial charge in [-0.15, -0.1) is 0 Å². The number of aromatic nitrogens is 1. The van der Waals surface area contributed by atoms with Crippen LogP contribution >= 0.6 is 0 Å². The van der Waals surface area contributed by atoms with Gasteiger partial charge in [0.2, 0.25) is 0 Å². The Balaban J connectivity index is 2.02. The van der Waals surface area contributed by atoms with Crippen molar-refractivity contribution in [1.29, 1.82) is 0 Å². The molecule has 19 heavy (non-hydrogen) atoms. The number of nitrogens with two attached hydrogens (primary N) is 1. The SMILES string of the molecule is Cc1noc(-c2ccc3c(c2)CCCC3)c1CCN. The molecule has 0 spiro atoms. The molecule has 0 bridgehead atoms. The van der Waals surface area contributed by atoms with Gasteiger partial charge >= 0.3 is 0 Å². The summed E-state index contributed by atoms with van der Waals surface area (Å²) in [5.74, 6) is 0.899. The lowest BCUT2D eigenvalue weighted by molar-refractivity contribution is 0.426. The summed E-state index contributed by atoms with van der Waals surface area (Å²) in [6, 6.07) is 6.67. The van der Waals surface area contributed by atoms with Gasteiger partial charge in [0.25, 0.3) is 0 Å². The van der Waals surface area contributed by atoms with Crippen molar-refractivity contribution in [3.63, 3.8) is 0 Å². The molecule has 1 aliphatic rings. The third-order valence-corrected chi connectivity index (χ3v) is 3.99. The average molecular weight is 256 g/mol. The maximum atomic E-state index is 5.68. The van der Waals surface area contributed by atoms with Crippen LogP contribution in [0, 0.1) is 6.92 Å². The Hall–Kier alpha value is -1.61. The highest BCUT2D eigenvalue weighted by molar-refractivity contribution is 5.64. The van der Waals surface area contributed by atoms with Crippen molar-refractivity contribution in [3.8, 4) is 11.3 Å². The molecule has 0 atom stereocenters. The molecule has 0 amide bonds. The molecule has 0 fully saturated rings. The first-order valence-electron chi connectivity index (χ1n) is 7.07. The van der Waals surface area contributed by atoms with Gasteiger partial charge in [-0.3, -0.25) is 0 Å². The van der Waals surface area contributed by atoms with E-state index in [2.05, 4.69) is 23.4 Å². The molecule has 1 heterocycles. The normalized spacial score (nSPS) is 14.4. The molecule has 3 heteroatoms. The summed E-state index contributed by atoms with van der Waals surface area (Å²) < 4.78 is 5.52. The molecule has 1 aliphatic carbocycles. The zero-order chi connectivity index (χ0) is 13.2. The highest BCUT2D eigenvalue weighted by atomic mass is 16.5. The topological polar surface area (TPSA) is 52.0 Å². The van der Waals surface area contributed by atoms with Gasteiger partial charge in [0, 0.05) is 11.1 Å². The zero-order valence-corrected chi connectivity index (χ0v) is 11.4. The van der Waals surface area contributed by atoms with Crippen LogP contribution in [-0.2, 0) is 19.3 Å². The van der Waals surface area contributed by atoms with Crippen molar-refractivity contribution < 1.29 is 4.52 Å². The number of fused-ring (bicyclic) bond motifs is 1. The minimum Gasteiger partial charge on any atom is -0.356 e. The second kappa shape index (κ2) is 5.17. The molecular weight excluding hydrogens is 236 g/mol. The van der Waals surface area contributed by atoms with Crippen molar-refractivity contribution in [2.45, 2.75) is 39.0 Å². The third kappa shape index (κ3) is 2.30. The van der Waals surface area contributed by atoms with Crippen LogP contribution in [0.1, 0.15) is 35.2 Å². The van der Waals surface area contributed by atoms with E-state index < -0.39 is 0 Å². The quantitative estimate of drug-likeness (QED) is 0.918. The lowest BCUT2D eigenvalue weighted by atomic mass is 9.89. The third-order valence-electron chi connectivity index (χ3n) is 3.99. The molecule has 100 valence electrons. The smallest absolute Gasteiger partial charge is 0.170 e. The molecule has 2 N–H and O–H groups in total. The van der Waals surface area contributed by atoms with Crippen LogP contribution in [0.2, 0.25) is 0 Å². The number of benzene rings is 1. The number of aryl methyl sites for hydroxylation is 3. The van der Waals surface area contributed by atoms with Gasteiger partial charge in [-0.1, -0.05) is 17.3 Å². The van der Waals surface area contributed by atoms with Crippen molar-refractivity contribution in [1.82, 2.24) is 5.16 Å².